The van der Waals surface area contributed by atoms with Crippen LogP contribution >= 0.6 is 22.9 Å². The molecule has 2 aromatic heterocycles. The third-order valence-corrected chi connectivity index (χ3v) is 7.56. The molecule has 0 saturated carbocycles. The average Bonchev–Trinajstić information content (AvgIpc) is 3.47. The third kappa shape index (κ3) is 5.94. The Hall–Kier alpha value is -3.44. The van der Waals surface area contributed by atoms with Gasteiger partial charge in [0.15, 0.2) is 5.82 Å². The Morgan fingerprint density at radius 3 is 2.65 bits per heavy atom. The maximum Gasteiger partial charge on any atom is 0.279 e. The van der Waals surface area contributed by atoms with E-state index in [-0.39, 0.29) is 11.8 Å². The lowest BCUT2D eigenvalue weighted by molar-refractivity contribution is 0.0954. The number of fused-ring (bicyclic) bond motifs is 1. The summed E-state index contributed by atoms with van der Waals surface area (Å²) < 4.78 is 0. The van der Waals surface area contributed by atoms with E-state index in [0.717, 1.165) is 31.9 Å². The molecule has 3 heterocycles. The van der Waals surface area contributed by atoms with Gasteiger partial charge >= 0.3 is 0 Å². The van der Waals surface area contributed by atoms with Crippen molar-refractivity contribution >= 4 is 56.5 Å². The molecule has 4 aromatic rings. The smallest absolute Gasteiger partial charge is 0.279 e. The monoisotopic (exact) mass is 537 g/mol. The minimum atomic E-state index is -0.265. The highest BCUT2D eigenvalue weighted by atomic mass is 35.5. The van der Waals surface area contributed by atoms with Crippen LogP contribution in [0.1, 0.15) is 32.5 Å². The zero-order chi connectivity index (χ0) is 25.9. The molecule has 1 saturated heterocycles. The second-order valence-corrected chi connectivity index (χ2v) is 10.6. The SMILES string of the molecule is CC1CN(Cc2ccc(C(=O)Nc3n[nH]c4sc(C(=O)NN(C)c5ccc(Cl)cc5)cc34)cc2)CCN1. The summed E-state index contributed by atoms with van der Waals surface area (Å²) in [6, 6.07) is 17.0. The number of H-pyrrole nitrogens is 1. The molecule has 5 rings (SSSR count). The molecule has 4 N–H and O–H groups in total. The number of nitrogens with one attached hydrogen (secondary N) is 4. The Kier molecular flexibility index (Phi) is 7.43. The summed E-state index contributed by atoms with van der Waals surface area (Å²) in [4.78, 5) is 29.3. The van der Waals surface area contributed by atoms with Crippen molar-refractivity contribution in [1.82, 2.24) is 25.8 Å². The molecule has 1 aliphatic rings. The number of thiophene rings is 1. The van der Waals surface area contributed by atoms with Crippen LogP contribution < -0.4 is 21.1 Å². The van der Waals surface area contributed by atoms with E-state index in [1.54, 1.807) is 30.3 Å². The molecule has 1 unspecified atom stereocenters. The van der Waals surface area contributed by atoms with Crippen molar-refractivity contribution in [2.75, 3.05) is 37.0 Å². The van der Waals surface area contributed by atoms with Crippen LogP contribution in [0.2, 0.25) is 5.02 Å². The molecule has 1 fully saturated rings. The fourth-order valence-electron chi connectivity index (χ4n) is 4.32. The number of hydrogen-bond donors (Lipinski definition) is 4. The molecule has 0 aliphatic carbocycles. The number of carbonyl (C=O) groups is 2. The van der Waals surface area contributed by atoms with E-state index in [9.17, 15) is 9.59 Å². The van der Waals surface area contributed by atoms with Crippen molar-refractivity contribution in [2.45, 2.75) is 19.5 Å². The van der Waals surface area contributed by atoms with Crippen LogP contribution in [0, 0.1) is 0 Å². The van der Waals surface area contributed by atoms with Crippen molar-refractivity contribution in [1.29, 1.82) is 0 Å². The molecule has 11 heteroatoms. The highest BCUT2D eigenvalue weighted by Crippen LogP contribution is 2.29. The van der Waals surface area contributed by atoms with E-state index in [0.29, 0.717) is 37.5 Å². The van der Waals surface area contributed by atoms with E-state index < -0.39 is 0 Å². The molecule has 192 valence electrons. The number of benzene rings is 2. The average molecular weight is 538 g/mol. The zero-order valence-electron chi connectivity index (χ0n) is 20.5. The molecule has 1 atom stereocenters. The van der Waals surface area contributed by atoms with E-state index in [1.165, 1.54) is 16.9 Å². The number of nitrogens with zero attached hydrogens (tertiary/aromatic N) is 3. The number of carbonyl (C=O) groups excluding carboxylic acids is 2. The van der Waals surface area contributed by atoms with Crippen LogP contribution in [0.3, 0.4) is 0 Å². The van der Waals surface area contributed by atoms with Crippen LogP contribution in [-0.4, -0.2) is 59.6 Å². The molecule has 0 bridgehead atoms. The number of rotatable bonds is 7. The quantitative estimate of drug-likeness (QED) is 0.264. The summed E-state index contributed by atoms with van der Waals surface area (Å²) >= 11 is 7.21. The summed E-state index contributed by atoms with van der Waals surface area (Å²) in [6.45, 7) is 6.06. The van der Waals surface area contributed by atoms with Gasteiger partial charge in [0.25, 0.3) is 11.8 Å². The predicted molar refractivity (Wildman–Crippen MR) is 148 cm³/mol. The van der Waals surface area contributed by atoms with Gasteiger partial charge in [0.05, 0.1) is 16.0 Å². The van der Waals surface area contributed by atoms with Crippen molar-refractivity contribution in [3.8, 4) is 0 Å². The Morgan fingerprint density at radius 2 is 1.92 bits per heavy atom. The highest BCUT2D eigenvalue weighted by Gasteiger charge is 2.19. The molecule has 1 aliphatic heterocycles. The molecule has 37 heavy (non-hydrogen) atoms. The number of aromatic amines is 1. The number of halogens is 1. The number of anilines is 2. The van der Waals surface area contributed by atoms with E-state index in [4.69, 9.17) is 11.6 Å². The summed E-state index contributed by atoms with van der Waals surface area (Å²) in [5, 5.41) is 16.4. The number of aromatic nitrogens is 2. The lowest BCUT2D eigenvalue weighted by Gasteiger charge is -2.31. The van der Waals surface area contributed by atoms with E-state index >= 15 is 0 Å². The zero-order valence-corrected chi connectivity index (χ0v) is 22.1. The molecule has 0 radical (unpaired) electrons. The fraction of sp³-hybridized carbons (Fsp3) is 0.269. The molecule has 9 nitrogen and oxygen atoms in total. The Morgan fingerprint density at radius 1 is 1.16 bits per heavy atom. The standard InChI is InChI=1S/C26H28ClN7O2S/c1-16-14-34(12-11-28-16)15-17-3-5-18(6-4-17)24(35)29-23-21-13-22(37-26(21)31-30-23)25(36)32-33(2)20-9-7-19(27)8-10-20/h3-10,13,16,28H,11-12,14-15H2,1-2H3,(H,32,36)(H2,29,30,31,35). The van der Waals surface area contributed by atoms with Crippen LogP contribution in [0.5, 0.6) is 0 Å². The predicted octanol–water partition coefficient (Wildman–Crippen LogP) is 4.11. The minimum Gasteiger partial charge on any atom is -0.312 e. The third-order valence-electron chi connectivity index (χ3n) is 6.27. The van der Waals surface area contributed by atoms with E-state index in [1.807, 2.05) is 36.4 Å². The molecular formula is C26H28ClN7O2S. The lowest BCUT2D eigenvalue weighted by atomic mass is 10.1. The lowest BCUT2D eigenvalue weighted by Crippen LogP contribution is -2.48. The number of piperazine rings is 1. The van der Waals surface area contributed by atoms with Gasteiger partial charge < -0.3 is 10.6 Å². The molecular weight excluding hydrogens is 510 g/mol. The number of hydrogen-bond acceptors (Lipinski definition) is 7. The summed E-state index contributed by atoms with van der Waals surface area (Å²) in [5.41, 5.74) is 5.35. The normalized spacial score (nSPS) is 16.0. The molecule has 2 aromatic carbocycles. The maximum atomic E-state index is 12.9. The summed E-state index contributed by atoms with van der Waals surface area (Å²) in [6.07, 6.45) is 0. The second-order valence-electron chi connectivity index (χ2n) is 9.14. The highest BCUT2D eigenvalue weighted by molar-refractivity contribution is 7.20. The summed E-state index contributed by atoms with van der Waals surface area (Å²) in [7, 11) is 1.75. The van der Waals surface area contributed by atoms with Gasteiger partial charge in [-0.25, -0.2) is 0 Å². The Balaban J connectivity index is 1.22. The summed E-state index contributed by atoms with van der Waals surface area (Å²) in [5.74, 6) is -0.130. The van der Waals surface area contributed by atoms with Crippen molar-refractivity contribution in [3.63, 3.8) is 0 Å². The van der Waals surface area contributed by atoms with Gasteiger partial charge in [-0.15, -0.1) is 11.3 Å². The van der Waals surface area contributed by atoms with Crippen molar-refractivity contribution in [3.05, 3.63) is 75.6 Å². The molecule has 0 spiro atoms. The fourth-order valence-corrected chi connectivity index (χ4v) is 5.33. The maximum absolute atomic E-state index is 12.9. The molecule has 2 amide bonds. The second kappa shape index (κ2) is 10.9. The van der Waals surface area contributed by atoms with Crippen LogP contribution in [0.25, 0.3) is 10.2 Å². The Labute approximate surface area is 223 Å². The Bertz CT molecular complexity index is 1400. The van der Waals surface area contributed by atoms with Gasteiger partial charge in [-0.3, -0.25) is 30.0 Å². The van der Waals surface area contributed by atoms with Crippen LogP contribution in [0.15, 0.2) is 54.6 Å². The largest absolute Gasteiger partial charge is 0.312 e. The van der Waals surface area contributed by atoms with E-state index in [2.05, 4.69) is 38.1 Å². The van der Waals surface area contributed by atoms with Gasteiger partial charge in [-0.05, 0) is 55.0 Å². The first kappa shape index (κ1) is 25.2. The van der Waals surface area contributed by atoms with Gasteiger partial charge in [0.2, 0.25) is 0 Å². The van der Waals surface area contributed by atoms with Gasteiger partial charge in [0.1, 0.15) is 4.83 Å². The first-order valence-corrected chi connectivity index (χ1v) is 13.2. The number of hydrazine groups is 1. The van der Waals surface area contributed by atoms with Crippen LogP contribution in [0.4, 0.5) is 11.5 Å². The van der Waals surface area contributed by atoms with Crippen LogP contribution in [-0.2, 0) is 6.54 Å². The van der Waals surface area contributed by atoms with Crippen molar-refractivity contribution < 1.29 is 9.59 Å². The van der Waals surface area contributed by atoms with Gasteiger partial charge in [-0.2, -0.15) is 5.10 Å². The van der Waals surface area contributed by atoms with Crippen molar-refractivity contribution in [2.24, 2.45) is 0 Å². The van der Waals surface area contributed by atoms with Gasteiger partial charge in [0, 0.05) is 49.9 Å². The first-order valence-electron chi connectivity index (χ1n) is 12.0. The van der Waals surface area contributed by atoms with Gasteiger partial charge in [-0.1, -0.05) is 23.7 Å². The number of amides is 2. The topological polar surface area (TPSA) is 105 Å². The minimum absolute atomic E-state index is 0.254. The first-order chi connectivity index (χ1) is 17.9.